The Balaban J connectivity index is 3.06. The zero-order valence-corrected chi connectivity index (χ0v) is 11.5. The van der Waals surface area contributed by atoms with E-state index in [9.17, 15) is 0 Å². The first-order valence-electron chi connectivity index (χ1n) is 4.86. The topological polar surface area (TPSA) is 9.23 Å². The molecule has 0 heterocycles. The Kier molecular flexibility index (Phi) is 4.70. The van der Waals surface area contributed by atoms with Gasteiger partial charge in [0.1, 0.15) is 5.75 Å². The van der Waals surface area contributed by atoms with Gasteiger partial charge in [0.2, 0.25) is 0 Å². The lowest BCUT2D eigenvalue weighted by Crippen LogP contribution is -2.16. The van der Waals surface area contributed by atoms with Crippen molar-refractivity contribution in [1.82, 2.24) is 0 Å². The van der Waals surface area contributed by atoms with Crippen LogP contribution in [0.3, 0.4) is 0 Å². The molecule has 84 valence electrons. The number of hydrogen-bond donors (Lipinski definition) is 0. The quantitative estimate of drug-likeness (QED) is 0.657. The Morgan fingerprint density at radius 1 is 1.27 bits per heavy atom. The van der Waals surface area contributed by atoms with Gasteiger partial charge in [-0.15, -0.1) is 0 Å². The second kappa shape index (κ2) is 5.39. The van der Waals surface area contributed by atoms with Crippen LogP contribution in [0, 0.1) is 0 Å². The summed E-state index contributed by atoms with van der Waals surface area (Å²) in [5.74, 6) is 0.792. The normalized spacial score (nSPS) is 11.9. The van der Waals surface area contributed by atoms with Gasteiger partial charge >= 0.3 is 0 Å². The van der Waals surface area contributed by atoms with E-state index in [1.54, 1.807) is 0 Å². The maximum Gasteiger partial charge on any atom is 0.284 e. The molecule has 0 amide bonds. The van der Waals surface area contributed by atoms with Crippen LogP contribution in [0.15, 0.2) is 24.3 Å². The van der Waals surface area contributed by atoms with Crippen molar-refractivity contribution in [2.45, 2.75) is 32.6 Å². The van der Waals surface area contributed by atoms with Crippen LogP contribution in [-0.4, -0.2) is 0 Å². The molecule has 4 heteroatoms. The molecule has 0 saturated carbocycles. The maximum absolute atomic E-state index is 5.69. The van der Waals surface area contributed by atoms with E-state index in [0.29, 0.717) is 0 Å². The molecule has 0 aliphatic rings. The van der Waals surface area contributed by atoms with Gasteiger partial charge in [0, 0.05) is 5.56 Å². The van der Waals surface area contributed by atoms with Crippen LogP contribution in [0.2, 0.25) is 0 Å². The van der Waals surface area contributed by atoms with E-state index in [1.165, 1.54) is 0 Å². The van der Waals surface area contributed by atoms with Crippen molar-refractivity contribution < 1.29 is 4.52 Å². The van der Waals surface area contributed by atoms with Crippen molar-refractivity contribution in [3.8, 4) is 5.75 Å². The Morgan fingerprint density at radius 3 is 2.40 bits per heavy atom. The van der Waals surface area contributed by atoms with Gasteiger partial charge in [-0.1, -0.05) is 39.0 Å². The molecular weight excluding hydrogens is 250 g/mol. The van der Waals surface area contributed by atoms with Crippen LogP contribution in [-0.2, 0) is 5.41 Å². The summed E-state index contributed by atoms with van der Waals surface area (Å²) in [6.07, 6.45) is 1.04. The molecule has 1 nitrogen and oxygen atoms in total. The summed E-state index contributed by atoms with van der Waals surface area (Å²) in [5.41, 5.74) is 1.23. The first kappa shape index (κ1) is 13.1. The molecule has 15 heavy (non-hydrogen) atoms. The zero-order valence-electron chi connectivity index (χ0n) is 9.13. The van der Waals surface area contributed by atoms with Gasteiger partial charge in [0.05, 0.1) is 0 Å². The number of benzene rings is 1. The fourth-order valence-corrected chi connectivity index (χ4v) is 2.12. The van der Waals surface area contributed by atoms with Gasteiger partial charge in [-0.3, -0.25) is 0 Å². The van der Waals surface area contributed by atoms with Crippen LogP contribution in [0.25, 0.3) is 0 Å². The largest absolute Gasteiger partial charge is 0.444 e. The highest BCUT2D eigenvalue weighted by Gasteiger charge is 2.22. The Morgan fingerprint density at radius 2 is 1.87 bits per heavy atom. The molecule has 0 atom stereocenters. The number of rotatable bonds is 4. The van der Waals surface area contributed by atoms with Gasteiger partial charge in [-0.2, -0.15) is 0 Å². The molecule has 1 aromatic rings. The predicted molar refractivity (Wildman–Crippen MR) is 69.0 cm³/mol. The summed E-state index contributed by atoms with van der Waals surface area (Å²) in [5, 5.41) is 0. The lowest BCUT2D eigenvalue weighted by Gasteiger charge is -2.25. The lowest BCUT2D eigenvalue weighted by atomic mass is 9.82. The number of hydrogen-bond acceptors (Lipinski definition) is 1. The third kappa shape index (κ3) is 3.52. The SMILES string of the molecule is CCC(C)(C)c1ccccc1OP(Cl)Cl. The minimum atomic E-state index is -1.40. The number of para-hydroxylation sites is 1. The highest BCUT2D eigenvalue weighted by Crippen LogP contribution is 2.50. The Labute approximate surface area is 102 Å². The van der Waals surface area contributed by atoms with E-state index >= 15 is 0 Å². The minimum absolute atomic E-state index is 0.0791. The van der Waals surface area contributed by atoms with Crippen molar-refractivity contribution >= 4 is 29.3 Å². The first-order valence-corrected chi connectivity index (χ1v) is 7.93. The zero-order chi connectivity index (χ0) is 11.5. The summed E-state index contributed by atoms with van der Waals surface area (Å²) >= 11 is 11.4. The average Bonchev–Trinajstić information content (AvgIpc) is 2.17. The van der Waals surface area contributed by atoms with Crippen molar-refractivity contribution in [3.63, 3.8) is 0 Å². The molecular formula is C11H15Cl2OP. The molecule has 0 N–H and O–H groups in total. The van der Waals surface area contributed by atoms with Gasteiger partial charge in [0.25, 0.3) is 6.85 Å². The van der Waals surface area contributed by atoms with Gasteiger partial charge in [-0.25, -0.2) is 0 Å². The third-order valence-electron chi connectivity index (χ3n) is 2.67. The van der Waals surface area contributed by atoms with Crippen LogP contribution in [0.5, 0.6) is 5.75 Å². The Bertz CT molecular complexity index is 326. The molecule has 0 spiro atoms. The average molecular weight is 265 g/mol. The minimum Gasteiger partial charge on any atom is -0.444 e. The van der Waals surface area contributed by atoms with Crippen molar-refractivity contribution in [2.24, 2.45) is 0 Å². The lowest BCUT2D eigenvalue weighted by molar-refractivity contribution is 0.484. The summed E-state index contributed by atoms with van der Waals surface area (Å²) < 4.78 is 5.43. The fourth-order valence-electron chi connectivity index (χ4n) is 1.37. The molecule has 0 saturated heterocycles. The summed E-state index contributed by atoms with van der Waals surface area (Å²) in [6, 6.07) is 7.90. The van der Waals surface area contributed by atoms with Gasteiger partial charge in [-0.05, 0) is 40.4 Å². The maximum atomic E-state index is 5.69. The summed E-state index contributed by atoms with van der Waals surface area (Å²) in [4.78, 5) is 0. The molecule has 1 rings (SSSR count). The molecule has 0 aromatic heterocycles. The van der Waals surface area contributed by atoms with Crippen molar-refractivity contribution in [1.29, 1.82) is 0 Å². The molecule has 0 radical (unpaired) electrons. The van der Waals surface area contributed by atoms with Crippen LogP contribution in [0.4, 0.5) is 0 Å². The first-order chi connectivity index (χ1) is 6.97. The molecule has 0 bridgehead atoms. The van der Waals surface area contributed by atoms with E-state index in [0.717, 1.165) is 17.7 Å². The second-order valence-electron chi connectivity index (χ2n) is 4.03. The van der Waals surface area contributed by atoms with E-state index in [1.807, 2.05) is 18.2 Å². The highest BCUT2D eigenvalue weighted by atomic mass is 35.9. The second-order valence-corrected chi connectivity index (χ2v) is 6.97. The fraction of sp³-hybridized carbons (Fsp3) is 0.455. The summed E-state index contributed by atoms with van der Waals surface area (Å²) in [6.45, 7) is 5.11. The predicted octanol–water partition coefficient (Wildman–Crippen LogP) is 5.46. The van der Waals surface area contributed by atoms with E-state index < -0.39 is 6.85 Å². The molecule has 1 aromatic carbocycles. The van der Waals surface area contributed by atoms with Crippen LogP contribution < -0.4 is 4.52 Å². The molecule has 0 aliphatic heterocycles. The number of halogens is 2. The van der Waals surface area contributed by atoms with Crippen LogP contribution >= 0.6 is 29.3 Å². The molecule has 0 unspecified atom stereocenters. The smallest absolute Gasteiger partial charge is 0.284 e. The Hall–Kier alpha value is 0.0300. The van der Waals surface area contributed by atoms with Gasteiger partial charge < -0.3 is 4.52 Å². The van der Waals surface area contributed by atoms with E-state index in [4.69, 9.17) is 27.0 Å². The van der Waals surface area contributed by atoms with Crippen molar-refractivity contribution in [3.05, 3.63) is 29.8 Å². The monoisotopic (exact) mass is 264 g/mol. The molecule has 0 aliphatic carbocycles. The highest BCUT2D eigenvalue weighted by molar-refractivity contribution is 8.00. The third-order valence-corrected chi connectivity index (χ3v) is 3.42. The van der Waals surface area contributed by atoms with Crippen LogP contribution in [0.1, 0.15) is 32.8 Å². The van der Waals surface area contributed by atoms with Crippen molar-refractivity contribution in [2.75, 3.05) is 0 Å². The van der Waals surface area contributed by atoms with E-state index in [2.05, 4.69) is 26.8 Å². The van der Waals surface area contributed by atoms with Gasteiger partial charge in [0.15, 0.2) is 0 Å². The summed E-state index contributed by atoms with van der Waals surface area (Å²) in [7, 11) is 0. The van der Waals surface area contributed by atoms with E-state index in [-0.39, 0.29) is 5.41 Å². The standard InChI is InChI=1S/C11H15Cl2OP/c1-4-11(2,3)9-7-5-6-8-10(9)14-15(12)13/h5-8H,4H2,1-3H3. The molecule has 0 fully saturated rings.